The number of ether oxygens (including phenoxy) is 1. The van der Waals surface area contributed by atoms with Crippen LogP contribution in [0, 0.1) is 18.3 Å². The third-order valence-corrected chi connectivity index (χ3v) is 2.95. The van der Waals surface area contributed by atoms with Gasteiger partial charge in [-0.05, 0) is 24.1 Å². The van der Waals surface area contributed by atoms with Crippen molar-refractivity contribution in [3.05, 3.63) is 65.2 Å². The van der Waals surface area contributed by atoms with E-state index < -0.39 is 6.10 Å². The van der Waals surface area contributed by atoms with Crippen molar-refractivity contribution in [1.82, 2.24) is 0 Å². The van der Waals surface area contributed by atoms with Gasteiger partial charge in [0.05, 0.1) is 6.07 Å². The second kappa shape index (κ2) is 6.03. The van der Waals surface area contributed by atoms with Crippen LogP contribution in [-0.4, -0.2) is 5.11 Å². The van der Waals surface area contributed by atoms with E-state index >= 15 is 0 Å². The molecule has 0 bridgehead atoms. The first-order valence-corrected chi connectivity index (χ1v) is 6.06. The Morgan fingerprint density at radius 2 is 1.84 bits per heavy atom. The van der Waals surface area contributed by atoms with E-state index in [2.05, 4.69) is 0 Å². The van der Waals surface area contributed by atoms with Gasteiger partial charge in [0.2, 0.25) is 0 Å². The third kappa shape index (κ3) is 3.12. The summed E-state index contributed by atoms with van der Waals surface area (Å²) in [5, 5.41) is 18.4. The monoisotopic (exact) mass is 253 g/mol. The molecule has 3 heteroatoms. The van der Waals surface area contributed by atoms with Gasteiger partial charge in [-0.1, -0.05) is 42.5 Å². The summed E-state index contributed by atoms with van der Waals surface area (Å²) in [6, 6.07) is 16.8. The lowest BCUT2D eigenvalue weighted by molar-refractivity contribution is 0.229. The lowest BCUT2D eigenvalue weighted by Gasteiger charge is -2.13. The maximum atomic E-state index is 9.65. The molecule has 0 unspecified atom stereocenters. The number of benzene rings is 2. The third-order valence-electron chi connectivity index (χ3n) is 2.95. The second-order valence-electron chi connectivity index (χ2n) is 4.28. The number of rotatable bonds is 4. The highest BCUT2D eigenvalue weighted by Crippen LogP contribution is 2.21. The quantitative estimate of drug-likeness (QED) is 0.852. The highest BCUT2D eigenvalue weighted by atomic mass is 16.5. The molecule has 0 saturated carbocycles. The predicted molar refractivity (Wildman–Crippen MR) is 72.5 cm³/mol. The molecule has 0 radical (unpaired) electrons. The van der Waals surface area contributed by atoms with E-state index in [9.17, 15) is 5.11 Å². The molecule has 2 aromatic carbocycles. The van der Waals surface area contributed by atoms with Crippen LogP contribution in [0.1, 0.15) is 22.8 Å². The van der Waals surface area contributed by atoms with Gasteiger partial charge in [0.25, 0.3) is 0 Å². The maximum absolute atomic E-state index is 9.65. The average molecular weight is 253 g/mol. The summed E-state index contributed by atoms with van der Waals surface area (Å²) in [5.74, 6) is 0.809. The number of para-hydroxylation sites is 1. The molecule has 0 aromatic heterocycles. The summed E-state index contributed by atoms with van der Waals surface area (Å²) in [6.07, 6.45) is -1.11. The van der Waals surface area contributed by atoms with Gasteiger partial charge in [0.1, 0.15) is 12.4 Å². The zero-order valence-corrected chi connectivity index (χ0v) is 10.7. The number of aryl methyl sites for hydroxylation is 1. The minimum absolute atomic E-state index is 0.333. The van der Waals surface area contributed by atoms with Crippen molar-refractivity contribution in [1.29, 1.82) is 5.26 Å². The van der Waals surface area contributed by atoms with Crippen LogP contribution >= 0.6 is 0 Å². The van der Waals surface area contributed by atoms with Crippen LogP contribution in [0.5, 0.6) is 5.75 Å². The van der Waals surface area contributed by atoms with Crippen molar-refractivity contribution in [2.45, 2.75) is 19.6 Å². The normalized spacial score (nSPS) is 11.6. The van der Waals surface area contributed by atoms with Crippen LogP contribution in [0.4, 0.5) is 0 Å². The number of nitriles is 1. The standard InChI is InChI=1S/C16H15NO2/c1-12-6-2-5-9-16(12)19-11-13-7-3-4-8-14(13)15(18)10-17/h2-9,15,18H,11H2,1H3/t15-/m0/s1. The van der Waals surface area contributed by atoms with E-state index in [1.165, 1.54) is 0 Å². The highest BCUT2D eigenvalue weighted by molar-refractivity contribution is 5.34. The molecule has 0 aliphatic heterocycles. The summed E-state index contributed by atoms with van der Waals surface area (Å²) in [6.45, 7) is 2.31. The predicted octanol–water partition coefficient (Wildman–Crippen LogP) is 3.13. The molecule has 0 amide bonds. The fourth-order valence-corrected chi connectivity index (χ4v) is 1.88. The largest absolute Gasteiger partial charge is 0.489 e. The Labute approximate surface area is 112 Å². The maximum Gasteiger partial charge on any atom is 0.166 e. The minimum atomic E-state index is -1.11. The SMILES string of the molecule is Cc1ccccc1OCc1ccccc1[C@@H](O)C#N. The van der Waals surface area contributed by atoms with Gasteiger partial charge in [-0.3, -0.25) is 0 Å². The molecular formula is C16H15NO2. The molecule has 0 spiro atoms. The van der Waals surface area contributed by atoms with Crippen LogP contribution in [0.25, 0.3) is 0 Å². The molecule has 0 fully saturated rings. The molecule has 96 valence electrons. The van der Waals surface area contributed by atoms with E-state index in [1.54, 1.807) is 12.1 Å². The van der Waals surface area contributed by atoms with Crippen molar-refractivity contribution in [2.75, 3.05) is 0 Å². The molecule has 1 atom stereocenters. The molecule has 1 N–H and O–H groups in total. The zero-order chi connectivity index (χ0) is 13.7. The number of aliphatic hydroxyl groups is 1. The molecule has 19 heavy (non-hydrogen) atoms. The van der Waals surface area contributed by atoms with Crippen molar-refractivity contribution < 1.29 is 9.84 Å². The average Bonchev–Trinajstić information content (AvgIpc) is 2.46. The molecule has 0 aliphatic rings. The van der Waals surface area contributed by atoms with Crippen LogP contribution in [-0.2, 0) is 6.61 Å². The van der Waals surface area contributed by atoms with Crippen molar-refractivity contribution in [3.8, 4) is 11.8 Å². The van der Waals surface area contributed by atoms with Crippen molar-refractivity contribution >= 4 is 0 Å². The summed E-state index contributed by atoms with van der Waals surface area (Å²) in [7, 11) is 0. The van der Waals surface area contributed by atoms with Gasteiger partial charge in [0, 0.05) is 5.56 Å². The number of aliphatic hydroxyl groups excluding tert-OH is 1. The Hall–Kier alpha value is -2.31. The number of hydrogen-bond donors (Lipinski definition) is 1. The summed E-state index contributed by atoms with van der Waals surface area (Å²) in [4.78, 5) is 0. The van der Waals surface area contributed by atoms with Gasteiger partial charge >= 0.3 is 0 Å². The first-order chi connectivity index (χ1) is 9.22. The smallest absolute Gasteiger partial charge is 0.166 e. The molecule has 0 saturated heterocycles. The Bertz CT molecular complexity index is 602. The van der Waals surface area contributed by atoms with E-state index in [0.29, 0.717) is 12.2 Å². The molecule has 2 aromatic rings. The van der Waals surface area contributed by atoms with E-state index in [-0.39, 0.29) is 0 Å². The Balaban J connectivity index is 2.17. The van der Waals surface area contributed by atoms with E-state index in [1.807, 2.05) is 49.4 Å². The summed E-state index contributed by atoms with van der Waals surface area (Å²) in [5.41, 5.74) is 2.47. The molecule has 3 nitrogen and oxygen atoms in total. The first-order valence-electron chi connectivity index (χ1n) is 6.06. The lowest BCUT2D eigenvalue weighted by atomic mass is 10.0. The molecule has 0 aliphatic carbocycles. The van der Waals surface area contributed by atoms with Crippen molar-refractivity contribution in [3.63, 3.8) is 0 Å². The number of nitrogens with zero attached hydrogens (tertiary/aromatic N) is 1. The van der Waals surface area contributed by atoms with Gasteiger partial charge in [0.15, 0.2) is 6.10 Å². The van der Waals surface area contributed by atoms with Crippen LogP contribution in [0.15, 0.2) is 48.5 Å². The van der Waals surface area contributed by atoms with Crippen LogP contribution in [0.2, 0.25) is 0 Å². The Morgan fingerprint density at radius 3 is 2.58 bits per heavy atom. The summed E-state index contributed by atoms with van der Waals surface area (Å²) >= 11 is 0. The fraction of sp³-hybridized carbons (Fsp3) is 0.188. The lowest BCUT2D eigenvalue weighted by Crippen LogP contribution is -2.04. The first kappa shape index (κ1) is 13.1. The molecule has 2 rings (SSSR count). The zero-order valence-electron chi connectivity index (χ0n) is 10.7. The fourth-order valence-electron chi connectivity index (χ4n) is 1.88. The van der Waals surface area contributed by atoms with Crippen LogP contribution < -0.4 is 4.74 Å². The van der Waals surface area contributed by atoms with Gasteiger partial charge in [-0.2, -0.15) is 5.26 Å². The second-order valence-corrected chi connectivity index (χ2v) is 4.28. The van der Waals surface area contributed by atoms with Crippen molar-refractivity contribution in [2.24, 2.45) is 0 Å². The van der Waals surface area contributed by atoms with E-state index in [4.69, 9.17) is 10.00 Å². The Morgan fingerprint density at radius 1 is 1.16 bits per heavy atom. The molecular weight excluding hydrogens is 238 g/mol. The van der Waals surface area contributed by atoms with E-state index in [0.717, 1.165) is 16.9 Å². The van der Waals surface area contributed by atoms with Gasteiger partial charge in [-0.15, -0.1) is 0 Å². The molecule has 0 heterocycles. The highest BCUT2D eigenvalue weighted by Gasteiger charge is 2.11. The van der Waals surface area contributed by atoms with Crippen LogP contribution in [0.3, 0.4) is 0 Å². The number of hydrogen-bond acceptors (Lipinski definition) is 3. The Kier molecular flexibility index (Phi) is 4.17. The topological polar surface area (TPSA) is 53.2 Å². The van der Waals surface area contributed by atoms with Gasteiger partial charge < -0.3 is 9.84 Å². The summed E-state index contributed by atoms with van der Waals surface area (Å²) < 4.78 is 5.74. The minimum Gasteiger partial charge on any atom is -0.489 e. The van der Waals surface area contributed by atoms with Gasteiger partial charge in [-0.25, -0.2) is 0 Å².